The molecule has 1 aliphatic rings. The molecule has 1 aromatic heterocycles. The number of hydrogen-bond acceptors (Lipinski definition) is 4. The summed E-state index contributed by atoms with van der Waals surface area (Å²) in [6, 6.07) is 9.19. The Morgan fingerprint density at radius 3 is 2.67 bits per heavy atom. The maximum absolute atomic E-state index is 11.5. The highest BCUT2D eigenvalue weighted by Crippen LogP contribution is 2.24. The molecule has 1 fully saturated rings. The Morgan fingerprint density at radius 2 is 2.11 bits per heavy atom. The molecule has 2 aromatic rings. The molecule has 6 nitrogen and oxygen atoms in total. The van der Waals surface area contributed by atoms with Gasteiger partial charge < -0.3 is 5.73 Å². The molecule has 0 bridgehead atoms. The minimum Gasteiger partial charge on any atom is -0.382 e. The summed E-state index contributed by atoms with van der Waals surface area (Å²) in [5.41, 5.74) is 8.07. The van der Waals surface area contributed by atoms with E-state index < -0.39 is 0 Å². The van der Waals surface area contributed by atoms with Crippen molar-refractivity contribution in [2.45, 2.75) is 6.42 Å². The molecular weight excluding hydrogens is 232 g/mol. The summed E-state index contributed by atoms with van der Waals surface area (Å²) in [7, 11) is 0. The normalized spacial score (nSPS) is 15.3. The summed E-state index contributed by atoms with van der Waals surface area (Å²) in [5, 5.41) is 8.03. The highest BCUT2D eigenvalue weighted by atomic mass is 16.7. The van der Waals surface area contributed by atoms with E-state index in [1.54, 1.807) is 6.07 Å². The number of H-pyrrole nitrogens is 1. The Labute approximate surface area is 103 Å². The molecule has 0 atom stereocenters. The summed E-state index contributed by atoms with van der Waals surface area (Å²) in [4.78, 5) is 16.7. The molecule has 0 unspecified atom stereocenters. The number of nitrogen functional groups attached to an aromatic ring is 1. The Morgan fingerprint density at radius 1 is 1.33 bits per heavy atom. The van der Waals surface area contributed by atoms with Crippen molar-refractivity contribution in [3.63, 3.8) is 0 Å². The van der Waals surface area contributed by atoms with Gasteiger partial charge in [0, 0.05) is 6.07 Å². The van der Waals surface area contributed by atoms with Crippen molar-refractivity contribution in [1.29, 1.82) is 0 Å². The van der Waals surface area contributed by atoms with Gasteiger partial charge in [-0.15, -0.1) is 0 Å². The predicted molar refractivity (Wildman–Crippen MR) is 66.5 cm³/mol. The fraction of sp³-hybridized carbons (Fsp3) is 0.167. The highest BCUT2D eigenvalue weighted by Gasteiger charge is 2.23. The molecule has 0 saturated carbocycles. The van der Waals surface area contributed by atoms with E-state index in [0.29, 0.717) is 18.8 Å². The standard InChI is InChI=1S/C12H12N4O2/c13-11-7-10(14-15-11)8-1-3-9(4-2-8)16-12(17)5-6-18-16/h1-4,7H,5-6H2,(H3,13,14,15). The minimum atomic E-state index is -0.0199. The number of amides is 1. The van der Waals surface area contributed by atoms with Crippen LogP contribution < -0.4 is 10.8 Å². The van der Waals surface area contributed by atoms with E-state index in [-0.39, 0.29) is 5.91 Å². The fourth-order valence-electron chi connectivity index (χ4n) is 1.88. The van der Waals surface area contributed by atoms with E-state index in [1.807, 2.05) is 24.3 Å². The Bertz CT molecular complexity index is 576. The summed E-state index contributed by atoms with van der Waals surface area (Å²) >= 11 is 0. The van der Waals surface area contributed by atoms with Crippen LogP contribution in [0.25, 0.3) is 11.3 Å². The van der Waals surface area contributed by atoms with E-state index >= 15 is 0 Å². The molecule has 6 heteroatoms. The molecule has 0 radical (unpaired) electrons. The number of nitrogens with one attached hydrogen (secondary N) is 1. The molecule has 1 amide bonds. The molecule has 1 aliphatic heterocycles. The van der Waals surface area contributed by atoms with Crippen LogP contribution in [0.3, 0.4) is 0 Å². The van der Waals surface area contributed by atoms with Gasteiger partial charge in [-0.25, -0.2) is 0 Å². The lowest BCUT2D eigenvalue weighted by atomic mass is 10.1. The van der Waals surface area contributed by atoms with Gasteiger partial charge in [0.25, 0.3) is 5.91 Å². The number of nitrogens with two attached hydrogens (primary N) is 1. The van der Waals surface area contributed by atoms with Gasteiger partial charge in [-0.3, -0.25) is 14.7 Å². The smallest absolute Gasteiger partial charge is 0.253 e. The van der Waals surface area contributed by atoms with E-state index in [0.717, 1.165) is 16.9 Å². The average molecular weight is 244 g/mol. The van der Waals surface area contributed by atoms with Crippen molar-refractivity contribution in [2.75, 3.05) is 17.4 Å². The number of carbonyl (C=O) groups is 1. The third-order valence-corrected chi connectivity index (χ3v) is 2.77. The zero-order chi connectivity index (χ0) is 12.5. The number of carbonyl (C=O) groups excluding carboxylic acids is 1. The molecule has 18 heavy (non-hydrogen) atoms. The van der Waals surface area contributed by atoms with Gasteiger partial charge in [0.05, 0.1) is 24.4 Å². The minimum absolute atomic E-state index is 0.0199. The molecule has 1 saturated heterocycles. The van der Waals surface area contributed by atoms with Crippen molar-refractivity contribution in [1.82, 2.24) is 10.2 Å². The molecular formula is C12H12N4O2. The zero-order valence-corrected chi connectivity index (χ0v) is 9.59. The quantitative estimate of drug-likeness (QED) is 0.834. The fourth-order valence-corrected chi connectivity index (χ4v) is 1.88. The van der Waals surface area contributed by atoms with E-state index in [1.165, 1.54) is 5.06 Å². The number of nitrogens with zero attached hydrogens (tertiary/aromatic N) is 2. The van der Waals surface area contributed by atoms with Gasteiger partial charge >= 0.3 is 0 Å². The molecule has 0 aliphatic carbocycles. The van der Waals surface area contributed by atoms with Crippen LogP contribution in [0.4, 0.5) is 11.5 Å². The number of aromatic amines is 1. The third-order valence-electron chi connectivity index (χ3n) is 2.77. The number of aromatic nitrogens is 2. The van der Waals surface area contributed by atoms with Crippen LogP contribution in [-0.2, 0) is 9.63 Å². The maximum Gasteiger partial charge on any atom is 0.253 e. The van der Waals surface area contributed by atoms with Gasteiger partial charge in [0.2, 0.25) is 0 Å². The van der Waals surface area contributed by atoms with Crippen LogP contribution in [0.2, 0.25) is 0 Å². The van der Waals surface area contributed by atoms with Crippen molar-refractivity contribution in [3.8, 4) is 11.3 Å². The van der Waals surface area contributed by atoms with Crippen LogP contribution in [0.15, 0.2) is 30.3 Å². The number of anilines is 2. The van der Waals surface area contributed by atoms with Gasteiger partial charge in [0.15, 0.2) is 0 Å². The zero-order valence-electron chi connectivity index (χ0n) is 9.59. The number of hydroxylamine groups is 1. The van der Waals surface area contributed by atoms with E-state index in [9.17, 15) is 4.79 Å². The summed E-state index contributed by atoms with van der Waals surface area (Å²) in [6.07, 6.45) is 0.429. The van der Waals surface area contributed by atoms with Crippen molar-refractivity contribution in [2.24, 2.45) is 0 Å². The SMILES string of the molecule is Nc1cc(-c2ccc(N3OCCC3=O)cc2)[nH]n1. The maximum atomic E-state index is 11.5. The first kappa shape index (κ1) is 10.8. The largest absolute Gasteiger partial charge is 0.382 e. The lowest BCUT2D eigenvalue weighted by molar-refractivity contribution is -0.119. The first-order valence-corrected chi connectivity index (χ1v) is 5.61. The predicted octanol–water partition coefficient (Wildman–Crippen LogP) is 1.33. The number of benzene rings is 1. The molecule has 2 heterocycles. The Kier molecular flexibility index (Phi) is 2.49. The van der Waals surface area contributed by atoms with Crippen LogP contribution in [-0.4, -0.2) is 22.7 Å². The van der Waals surface area contributed by atoms with Crippen molar-refractivity contribution >= 4 is 17.4 Å². The van der Waals surface area contributed by atoms with Crippen molar-refractivity contribution in [3.05, 3.63) is 30.3 Å². The Hall–Kier alpha value is -2.34. The third kappa shape index (κ3) is 1.82. The molecule has 92 valence electrons. The van der Waals surface area contributed by atoms with Crippen LogP contribution >= 0.6 is 0 Å². The molecule has 3 rings (SSSR count). The first-order chi connectivity index (χ1) is 8.74. The second-order valence-electron chi connectivity index (χ2n) is 4.02. The van der Waals surface area contributed by atoms with Crippen LogP contribution in [0.1, 0.15) is 6.42 Å². The van der Waals surface area contributed by atoms with Crippen LogP contribution in [0.5, 0.6) is 0 Å². The first-order valence-electron chi connectivity index (χ1n) is 5.61. The van der Waals surface area contributed by atoms with Crippen LogP contribution in [0, 0.1) is 0 Å². The van der Waals surface area contributed by atoms with Gasteiger partial charge in [0.1, 0.15) is 5.82 Å². The van der Waals surface area contributed by atoms with Gasteiger partial charge in [-0.1, -0.05) is 12.1 Å². The second-order valence-corrected chi connectivity index (χ2v) is 4.02. The number of hydrogen-bond donors (Lipinski definition) is 2. The van der Waals surface area contributed by atoms with Gasteiger partial charge in [-0.05, 0) is 17.7 Å². The van der Waals surface area contributed by atoms with E-state index in [4.69, 9.17) is 10.6 Å². The molecule has 0 spiro atoms. The summed E-state index contributed by atoms with van der Waals surface area (Å²) in [5.74, 6) is 0.431. The molecule has 1 aromatic carbocycles. The second kappa shape index (κ2) is 4.15. The monoisotopic (exact) mass is 244 g/mol. The molecule has 3 N–H and O–H groups in total. The average Bonchev–Trinajstić information content (AvgIpc) is 2.98. The number of rotatable bonds is 2. The Balaban J connectivity index is 1.87. The summed E-state index contributed by atoms with van der Waals surface area (Å²) < 4.78 is 0. The summed E-state index contributed by atoms with van der Waals surface area (Å²) in [6.45, 7) is 0.442. The topological polar surface area (TPSA) is 84.2 Å². The lowest BCUT2D eigenvalue weighted by Gasteiger charge is -2.13. The lowest BCUT2D eigenvalue weighted by Crippen LogP contribution is -2.21. The highest BCUT2D eigenvalue weighted by molar-refractivity contribution is 5.93. The van der Waals surface area contributed by atoms with E-state index in [2.05, 4.69) is 10.2 Å². The van der Waals surface area contributed by atoms with Crippen molar-refractivity contribution < 1.29 is 9.63 Å². The van der Waals surface area contributed by atoms with Gasteiger partial charge in [-0.2, -0.15) is 10.2 Å².